The molecule has 0 unspecified atom stereocenters. The van der Waals surface area contributed by atoms with Crippen molar-refractivity contribution in [3.05, 3.63) is 46.6 Å². The smallest absolute Gasteiger partial charge is 0.315 e. The molecule has 0 aliphatic heterocycles. The van der Waals surface area contributed by atoms with Crippen molar-refractivity contribution < 1.29 is 4.79 Å². The number of primary amides is 1. The summed E-state index contributed by atoms with van der Waals surface area (Å²) in [7, 11) is 3.95. The number of rotatable bonds is 6. The Hall–Kier alpha value is -2.54. The number of hydrogen-bond donors (Lipinski definition) is 2. The summed E-state index contributed by atoms with van der Waals surface area (Å²) in [5, 5.41) is 4.20. The first-order valence-electron chi connectivity index (χ1n) is 10.9. The molecule has 2 amide bonds. The fourth-order valence-electron chi connectivity index (χ4n) is 4.79. The fraction of sp³-hybridized carbons (Fsp3) is 0.522. The summed E-state index contributed by atoms with van der Waals surface area (Å²) in [4.78, 5) is 25.6. The first-order valence-corrected chi connectivity index (χ1v) is 11.3. The van der Waals surface area contributed by atoms with Gasteiger partial charge >= 0.3 is 6.03 Å². The Labute approximate surface area is 189 Å². The highest BCUT2D eigenvalue weighted by atomic mass is 35.5. The lowest BCUT2D eigenvalue weighted by molar-refractivity contribution is 0.116. The van der Waals surface area contributed by atoms with Crippen LogP contribution in [0.2, 0.25) is 5.02 Å². The second-order valence-electron chi connectivity index (χ2n) is 8.98. The number of nitrogens with one attached hydrogen (secondary N) is 1. The molecular weight excluding hydrogens is 412 g/mol. The molecule has 3 N–H and O–H groups in total. The topological polar surface area (TPSA) is 87.4 Å². The van der Waals surface area contributed by atoms with Gasteiger partial charge in [-0.25, -0.2) is 9.78 Å². The minimum absolute atomic E-state index is 0.143. The third-order valence-corrected chi connectivity index (χ3v) is 6.75. The summed E-state index contributed by atoms with van der Waals surface area (Å²) in [5.74, 6) is 1.56. The molecule has 4 rings (SSSR count). The molecule has 7 nitrogen and oxygen atoms in total. The van der Waals surface area contributed by atoms with Gasteiger partial charge in [0.15, 0.2) is 0 Å². The average molecular weight is 443 g/mol. The van der Waals surface area contributed by atoms with Gasteiger partial charge in [-0.3, -0.25) is 0 Å². The van der Waals surface area contributed by atoms with Gasteiger partial charge < -0.3 is 20.9 Å². The van der Waals surface area contributed by atoms with Gasteiger partial charge in [0.25, 0.3) is 0 Å². The van der Waals surface area contributed by atoms with Gasteiger partial charge in [0.2, 0.25) is 5.95 Å². The van der Waals surface area contributed by atoms with Gasteiger partial charge in [0, 0.05) is 43.0 Å². The summed E-state index contributed by atoms with van der Waals surface area (Å²) >= 11 is 6.07. The Bertz CT molecular complexity index is 936. The highest BCUT2D eigenvalue weighted by Gasteiger charge is 2.53. The minimum Gasteiger partial charge on any atom is -0.363 e. The number of hydrogen-bond acceptors (Lipinski definition) is 5. The minimum atomic E-state index is -0.332. The van der Waals surface area contributed by atoms with Crippen LogP contribution in [0.4, 0.5) is 16.6 Å². The van der Waals surface area contributed by atoms with Crippen LogP contribution in [0.1, 0.15) is 49.8 Å². The normalized spacial score (nSPS) is 21.9. The number of halogens is 1. The Balaban J connectivity index is 1.44. The van der Waals surface area contributed by atoms with Gasteiger partial charge in [-0.1, -0.05) is 23.7 Å². The van der Waals surface area contributed by atoms with Crippen LogP contribution in [0, 0.1) is 6.92 Å². The Morgan fingerprint density at radius 1 is 1.13 bits per heavy atom. The van der Waals surface area contributed by atoms with E-state index in [-0.39, 0.29) is 23.7 Å². The van der Waals surface area contributed by atoms with Crippen LogP contribution < -0.4 is 16.0 Å². The molecule has 2 aliphatic rings. The second kappa shape index (κ2) is 8.54. The molecule has 0 spiro atoms. The van der Waals surface area contributed by atoms with Gasteiger partial charge in [-0.2, -0.15) is 4.98 Å². The number of amides is 2. The number of aryl methyl sites for hydroxylation is 1. The number of nitrogens with zero attached hydrogens (tertiary/aromatic N) is 4. The molecule has 1 aromatic carbocycles. The van der Waals surface area contributed by atoms with Crippen LogP contribution >= 0.6 is 11.6 Å². The maximum Gasteiger partial charge on any atom is 0.315 e. The highest BCUT2D eigenvalue weighted by molar-refractivity contribution is 6.30. The van der Waals surface area contributed by atoms with Crippen molar-refractivity contribution >= 4 is 29.4 Å². The summed E-state index contributed by atoms with van der Waals surface area (Å²) in [5.41, 5.74) is 7.69. The molecule has 31 heavy (non-hydrogen) atoms. The van der Waals surface area contributed by atoms with Crippen molar-refractivity contribution in [2.45, 2.75) is 63.1 Å². The largest absolute Gasteiger partial charge is 0.363 e. The summed E-state index contributed by atoms with van der Waals surface area (Å²) < 4.78 is 0. The van der Waals surface area contributed by atoms with Crippen LogP contribution in [0.25, 0.3) is 0 Å². The lowest BCUT2D eigenvalue weighted by atomic mass is 9.88. The van der Waals surface area contributed by atoms with E-state index in [0.29, 0.717) is 11.0 Å². The average Bonchev–Trinajstić information content (AvgIpc) is 3.50. The van der Waals surface area contributed by atoms with E-state index in [1.54, 1.807) is 0 Å². The van der Waals surface area contributed by atoms with Gasteiger partial charge in [-0.05, 0) is 63.1 Å². The third kappa shape index (κ3) is 4.56. The number of carbonyl (C=O) groups is 1. The van der Waals surface area contributed by atoms with E-state index in [1.807, 2.05) is 61.2 Å². The van der Waals surface area contributed by atoms with Crippen LogP contribution in [-0.2, 0) is 5.54 Å². The molecule has 2 fully saturated rings. The van der Waals surface area contributed by atoms with Gasteiger partial charge in [0.1, 0.15) is 5.82 Å². The SMILES string of the molecule is Cc1cc(N(C)C)nc(N[C@H]2CC[C@@H](N(C(N)=O)C3(c4ccc(Cl)cc4)CC3)CC2)n1. The molecule has 1 aromatic heterocycles. The summed E-state index contributed by atoms with van der Waals surface area (Å²) in [6, 6.07) is 9.89. The van der Waals surface area contributed by atoms with Crippen molar-refractivity contribution in [1.82, 2.24) is 14.9 Å². The number of carbonyl (C=O) groups excluding carboxylic acids is 1. The first kappa shape index (κ1) is 21.7. The van der Waals surface area contributed by atoms with Crippen LogP contribution in [0.15, 0.2) is 30.3 Å². The molecule has 8 heteroatoms. The zero-order valence-corrected chi connectivity index (χ0v) is 19.2. The second-order valence-corrected chi connectivity index (χ2v) is 9.42. The predicted octanol–water partition coefficient (Wildman–Crippen LogP) is 4.30. The quantitative estimate of drug-likeness (QED) is 0.696. The highest BCUT2D eigenvalue weighted by Crippen LogP contribution is 2.53. The molecule has 2 aromatic rings. The number of aromatic nitrogens is 2. The summed E-state index contributed by atoms with van der Waals surface area (Å²) in [6.07, 6.45) is 5.59. The molecule has 2 aliphatic carbocycles. The van der Waals surface area contributed by atoms with Crippen LogP contribution in [0.5, 0.6) is 0 Å². The Morgan fingerprint density at radius 2 is 1.77 bits per heavy atom. The van der Waals surface area contributed by atoms with Crippen molar-refractivity contribution in [2.24, 2.45) is 5.73 Å². The van der Waals surface area contributed by atoms with Gasteiger partial charge in [0.05, 0.1) is 5.54 Å². The van der Waals surface area contributed by atoms with Gasteiger partial charge in [-0.15, -0.1) is 0 Å². The number of anilines is 2. The molecule has 1 heterocycles. The van der Waals surface area contributed by atoms with E-state index in [2.05, 4.69) is 15.3 Å². The molecule has 0 bridgehead atoms. The third-order valence-electron chi connectivity index (χ3n) is 6.50. The molecule has 166 valence electrons. The van der Waals surface area contributed by atoms with E-state index in [1.165, 1.54) is 0 Å². The van der Waals surface area contributed by atoms with Crippen molar-refractivity contribution in [2.75, 3.05) is 24.3 Å². The zero-order valence-electron chi connectivity index (χ0n) is 18.4. The molecule has 0 saturated heterocycles. The zero-order chi connectivity index (χ0) is 22.2. The molecular formula is C23H31ClN6O. The number of urea groups is 1. The van der Waals surface area contributed by atoms with Crippen LogP contribution in [-0.4, -0.2) is 47.1 Å². The maximum atomic E-state index is 12.5. The van der Waals surface area contributed by atoms with Crippen molar-refractivity contribution in [1.29, 1.82) is 0 Å². The van der Waals surface area contributed by atoms with E-state index in [0.717, 1.165) is 55.6 Å². The lowest BCUT2D eigenvalue weighted by Gasteiger charge is -2.41. The van der Waals surface area contributed by atoms with Crippen molar-refractivity contribution in [3.8, 4) is 0 Å². The lowest BCUT2D eigenvalue weighted by Crippen LogP contribution is -2.52. The number of benzene rings is 1. The van der Waals surface area contributed by atoms with E-state index < -0.39 is 0 Å². The van der Waals surface area contributed by atoms with Crippen LogP contribution in [0.3, 0.4) is 0 Å². The van der Waals surface area contributed by atoms with E-state index >= 15 is 0 Å². The van der Waals surface area contributed by atoms with Crippen molar-refractivity contribution in [3.63, 3.8) is 0 Å². The Morgan fingerprint density at radius 3 is 2.32 bits per heavy atom. The summed E-state index contributed by atoms with van der Waals surface area (Å²) in [6.45, 7) is 1.98. The predicted molar refractivity (Wildman–Crippen MR) is 125 cm³/mol. The standard InChI is InChI=1S/C23H31ClN6O/c1-15-14-20(29(2)3)28-22(26-15)27-18-8-10-19(11-9-18)30(21(25)31)23(12-13-23)16-4-6-17(24)7-5-16/h4-7,14,18-19H,8-13H2,1-3H3,(H2,25,31)(H,26,27,28)/t18-,19+. The number of nitrogens with two attached hydrogens (primary N) is 1. The molecule has 0 radical (unpaired) electrons. The van der Waals surface area contributed by atoms with E-state index in [4.69, 9.17) is 17.3 Å². The van der Waals surface area contributed by atoms with E-state index in [9.17, 15) is 4.79 Å². The molecule has 0 atom stereocenters. The molecule has 2 saturated carbocycles. The monoisotopic (exact) mass is 442 g/mol. The maximum absolute atomic E-state index is 12.5. The fourth-order valence-corrected chi connectivity index (χ4v) is 4.92. The Kier molecular flexibility index (Phi) is 5.97. The first-order chi connectivity index (χ1) is 14.8.